The standard InChI is InChI=1S/C16H20ClN5O/c1-11-10-15(21-20-11)22-8-6-12(7-9-22)18-16(23)19-14-5-3-2-4-13(14)17/h2-5,10,12H,6-9H2,1H3,(H,20,21)(H2,18,19,23). The summed E-state index contributed by atoms with van der Waals surface area (Å²) in [5.41, 5.74) is 1.68. The molecule has 0 aliphatic carbocycles. The number of halogens is 1. The number of carbonyl (C=O) groups excluding carboxylic acids is 1. The predicted octanol–water partition coefficient (Wildman–Crippen LogP) is 3.16. The van der Waals surface area contributed by atoms with E-state index in [4.69, 9.17) is 11.6 Å². The molecule has 0 saturated carbocycles. The number of piperidine rings is 1. The highest BCUT2D eigenvalue weighted by molar-refractivity contribution is 6.33. The highest BCUT2D eigenvalue weighted by atomic mass is 35.5. The van der Waals surface area contributed by atoms with Crippen LogP contribution in [0.2, 0.25) is 5.02 Å². The molecule has 23 heavy (non-hydrogen) atoms. The van der Waals surface area contributed by atoms with Gasteiger partial charge in [-0.05, 0) is 31.9 Å². The monoisotopic (exact) mass is 333 g/mol. The number of urea groups is 1. The van der Waals surface area contributed by atoms with E-state index in [1.165, 1.54) is 0 Å². The fraction of sp³-hybridized carbons (Fsp3) is 0.375. The van der Waals surface area contributed by atoms with Crippen LogP contribution in [0.4, 0.5) is 16.3 Å². The maximum absolute atomic E-state index is 12.1. The van der Waals surface area contributed by atoms with E-state index in [-0.39, 0.29) is 12.1 Å². The van der Waals surface area contributed by atoms with Gasteiger partial charge in [-0.3, -0.25) is 5.10 Å². The zero-order valence-electron chi connectivity index (χ0n) is 13.0. The number of hydrogen-bond donors (Lipinski definition) is 3. The number of benzene rings is 1. The summed E-state index contributed by atoms with van der Waals surface area (Å²) >= 11 is 6.04. The molecule has 1 fully saturated rings. The molecule has 0 bridgehead atoms. The van der Waals surface area contributed by atoms with Crippen LogP contribution in [0, 0.1) is 6.92 Å². The van der Waals surface area contributed by atoms with Gasteiger partial charge in [0.1, 0.15) is 0 Å². The molecule has 2 aromatic rings. The lowest BCUT2D eigenvalue weighted by atomic mass is 10.1. The number of H-pyrrole nitrogens is 1. The normalized spacial score (nSPS) is 15.5. The smallest absolute Gasteiger partial charge is 0.319 e. The Morgan fingerprint density at radius 3 is 2.74 bits per heavy atom. The van der Waals surface area contributed by atoms with E-state index in [1.54, 1.807) is 12.1 Å². The lowest BCUT2D eigenvalue weighted by molar-refractivity contribution is 0.246. The molecule has 3 N–H and O–H groups in total. The van der Waals surface area contributed by atoms with Gasteiger partial charge in [-0.15, -0.1) is 0 Å². The number of nitrogens with zero attached hydrogens (tertiary/aromatic N) is 2. The summed E-state index contributed by atoms with van der Waals surface area (Å²) in [5.74, 6) is 0.974. The molecule has 6 nitrogen and oxygen atoms in total. The molecule has 0 radical (unpaired) electrons. The summed E-state index contributed by atoms with van der Waals surface area (Å²) in [6.45, 7) is 3.74. The third-order valence-electron chi connectivity index (χ3n) is 3.97. The van der Waals surface area contributed by atoms with Gasteiger partial charge < -0.3 is 15.5 Å². The van der Waals surface area contributed by atoms with Crippen LogP contribution >= 0.6 is 11.6 Å². The number of aryl methyl sites for hydroxylation is 1. The van der Waals surface area contributed by atoms with Gasteiger partial charge in [0.05, 0.1) is 10.7 Å². The molecular formula is C16H20ClN5O. The van der Waals surface area contributed by atoms with Crippen LogP contribution < -0.4 is 15.5 Å². The molecule has 1 aliphatic heterocycles. The zero-order valence-corrected chi connectivity index (χ0v) is 13.7. The van der Waals surface area contributed by atoms with Crippen LogP contribution in [-0.4, -0.2) is 35.4 Å². The minimum absolute atomic E-state index is 0.161. The highest BCUT2D eigenvalue weighted by Gasteiger charge is 2.22. The molecule has 1 aromatic carbocycles. The molecule has 1 saturated heterocycles. The number of aromatic amines is 1. The zero-order chi connectivity index (χ0) is 16.2. The molecular weight excluding hydrogens is 314 g/mol. The highest BCUT2D eigenvalue weighted by Crippen LogP contribution is 2.21. The average molecular weight is 334 g/mol. The molecule has 0 unspecified atom stereocenters. The first kappa shape index (κ1) is 15.7. The first-order valence-electron chi connectivity index (χ1n) is 7.71. The lowest BCUT2D eigenvalue weighted by Crippen LogP contribution is -2.46. The Kier molecular flexibility index (Phi) is 4.71. The van der Waals surface area contributed by atoms with E-state index in [9.17, 15) is 4.79 Å². The quantitative estimate of drug-likeness (QED) is 0.807. The van der Waals surface area contributed by atoms with E-state index in [0.29, 0.717) is 10.7 Å². The molecule has 0 atom stereocenters. The Labute approximate surface area is 140 Å². The van der Waals surface area contributed by atoms with E-state index in [1.807, 2.05) is 25.1 Å². The van der Waals surface area contributed by atoms with Crippen LogP contribution in [0.5, 0.6) is 0 Å². The van der Waals surface area contributed by atoms with Gasteiger partial charge in [-0.1, -0.05) is 23.7 Å². The van der Waals surface area contributed by atoms with Gasteiger partial charge in [-0.25, -0.2) is 4.79 Å². The summed E-state index contributed by atoms with van der Waals surface area (Å²) in [6, 6.07) is 9.19. The number of hydrogen-bond acceptors (Lipinski definition) is 3. The van der Waals surface area contributed by atoms with Crippen LogP contribution in [0.15, 0.2) is 30.3 Å². The number of aromatic nitrogens is 2. The van der Waals surface area contributed by atoms with E-state index in [0.717, 1.165) is 37.4 Å². The van der Waals surface area contributed by atoms with Gasteiger partial charge in [0, 0.05) is 30.9 Å². The maximum atomic E-state index is 12.1. The maximum Gasteiger partial charge on any atom is 0.319 e. The number of amides is 2. The molecule has 3 rings (SSSR count). The SMILES string of the molecule is Cc1cc(N2CCC(NC(=O)Nc3ccccc3Cl)CC2)n[nH]1. The van der Waals surface area contributed by atoms with E-state index in [2.05, 4.69) is 25.7 Å². The third-order valence-corrected chi connectivity index (χ3v) is 4.30. The van der Waals surface area contributed by atoms with Crippen molar-refractivity contribution in [1.82, 2.24) is 15.5 Å². The van der Waals surface area contributed by atoms with Crippen LogP contribution in [-0.2, 0) is 0 Å². The Morgan fingerprint density at radius 2 is 2.09 bits per heavy atom. The van der Waals surface area contributed by atoms with Crippen molar-refractivity contribution >= 4 is 29.1 Å². The molecule has 7 heteroatoms. The second-order valence-corrected chi connectivity index (χ2v) is 6.16. The first-order chi connectivity index (χ1) is 11.1. The van der Waals surface area contributed by atoms with Crippen molar-refractivity contribution in [2.75, 3.05) is 23.3 Å². The minimum Gasteiger partial charge on any atom is -0.355 e. The molecule has 1 aromatic heterocycles. The molecule has 2 amide bonds. The summed E-state index contributed by atoms with van der Waals surface area (Å²) in [6.07, 6.45) is 1.78. The first-order valence-corrected chi connectivity index (χ1v) is 8.08. The Bertz CT molecular complexity index is 679. The van der Waals surface area contributed by atoms with Crippen molar-refractivity contribution in [3.8, 4) is 0 Å². The molecule has 0 spiro atoms. The van der Waals surface area contributed by atoms with Gasteiger partial charge in [0.2, 0.25) is 0 Å². The van der Waals surface area contributed by atoms with Crippen LogP contribution in [0.1, 0.15) is 18.5 Å². The number of rotatable bonds is 3. The number of carbonyl (C=O) groups is 1. The fourth-order valence-corrected chi connectivity index (χ4v) is 2.91. The fourth-order valence-electron chi connectivity index (χ4n) is 2.72. The summed E-state index contributed by atoms with van der Waals surface area (Å²) in [5, 5.41) is 13.6. The van der Waals surface area contributed by atoms with Gasteiger partial charge >= 0.3 is 6.03 Å². The van der Waals surface area contributed by atoms with Gasteiger partial charge in [0.15, 0.2) is 5.82 Å². The number of anilines is 2. The molecule has 2 heterocycles. The second kappa shape index (κ2) is 6.91. The molecule has 122 valence electrons. The van der Waals surface area contributed by atoms with E-state index >= 15 is 0 Å². The van der Waals surface area contributed by atoms with Gasteiger partial charge in [-0.2, -0.15) is 5.10 Å². The Balaban J connectivity index is 1.49. The van der Waals surface area contributed by atoms with Crippen LogP contribution in [0.3, 0.4) is 0 Å². The topological polar surface area (TPSA) is 73.1 Å². The summed E-state index contributed by atoms with van der Waals surface area (Å²) in [7, 11) is 0. The van der Waals surface area contributed by atoms with Gasteiger partial charge in [0.25, 0.3) is 0 Å². The third kappa shape index (κ3) is 3.96. The number of nitrogens with one attached hydrogen (secondary N) is 3. The second-order valence-electron chi connectivity index (χ2n) is 5.75. The van der Waals surface area contributed by atoms with Crippen molar-refractivity contribution in [3.63, 3.8) is 0 Å². The summed E-state index contributed by atoms with van der Waals surface area (Å²) in [4.78, 5) is 14.3. The van der Waals surface area contributed by atoms with Crippen molar-refractivity contribution in [1.29, 1.82) is 0 Å². The van der Waals surface area contributed by atoms with Crippen molar-refractivity contribution < 1.29 is 4.79 Å². The number of para-hydroxylation sites is 1. The van der Waals surface area contributed by atoms with E-state index < -0.39 is 0 Å². The van der Waals surface area contributed by atoms with Crippen molar-refractivity contribution in [2.45, 2.75) is 25.8 Å². The largest absolute Gasteiger partial charge is 0.355 e. The lowest BCUT2D eigenvalue weighted by Gasteiger charge is -2.32. The van der Waals surface area contributed by atoms with Crippen molar-refractivity contribution in [3.05, 3.63) is 41.0 Å². The average Bonchev–Trinajstić information content (AvgIpc) is 2.97. The Hall–Kier alpha value is -2.21. The minimum atomic E-state index is -0.216. The van der Waals surface area contributed by atoms with Crippen LogP contribution in [0.25, 0.3) is 0 Å². The Morgan fingerprint density at radius 1 is 1.35 bits per heavy atom. The van der Waals surface area contributed by atoms with Crippen molar-refractivity contribution in [2.24, 2.45) is 0 Å². The summed E-state index contributed by atoms with van der Waals surface area (Å²) < 4.78 is 0. The molecule has 1 aliphatic rings. The predicted molar refractivity (Wildman–Crippen MR) is 92.2 cm³/mol.